The van der Waals surface area contributed by atoms with E-state index in [4.69, 9.17) is 4.74 Å². The lowest BCUT2D eigenvalue weighted by atomic mass is 10.2. The average molecular weight is 316 g/mol. The van der Waals surface area contributed by atoms with Gasteiger partial charge >= 0.3 is 0 Å². The van der Waals surface area contributed by atoms with E-state index in [1.807, 2.05) is 0 Å². The van der Waals surface area contributed by atoms with Crippen molar-refractivity contribution in [3.05, 3.63) is 53.8 Å². The van der Waals surface area contributed by atoms with Crippen LogP contribution in [0.3, 0.4) is 0 Å². The van der Waals surface area contributed by atoms with Crippen molar-refractivity contribution in [1.29, 1.82) is 0 Å². The minimum absolute atomic E-state index is 0.0816. The first-order valence-electron chi connectivity index (χ1n) is 6.91. The van der Waals surface area contributed by atoms with E-state index < -0.39 is 11.7 Å². The molecule has 0 bridgehead atoms. The lowest BCUT2D eigenvalue weighted by Crippen LogP contribution is -2.22. The number of carbonyl (C=O) groups excluding carboxylic acids is 2. The van der Waals surface area contributed by atoms with Crippen molar-refractivity contribution < 1.29 is 18.7 Å². The molecule has 0 saturated heterocycles. The van der Waals surface area contributed by atoms with E-state index in [1.54, 1.807) is 31.3 Å². The number of amides is 2. The summed E-state index contributed by atoms with van der Waals surface area (Å²) in [6.45, 7) is 1.47. The maximum Gasteiger partial charge on any atom is 0.255 e. The number of nitrogens with one attached hydrogen (secondary N) is 1. The molecule has 0 saturated carbocycles. The second-order valence-corrected chi connectivity index (χ2v) is 4.93. The zero-order chi connectivity index (χ0) is 17.0. The van der Waals surface area contributed by atoms with Gasteiger partial charge in [0.25, 0.3) is 5.91 Å². The highest BCUT2D eigenvalue weighted by Crippen LogP contribution is 2.20. The maximum absolute atomic E-state index is 13.6. The molecule has 0 spiro atoms. The molecule has 120 valence electrons. The summed E-state index contributed by atoms with van der Waals surface area (Å²) in [5, 5.41) is 2.67. The van der Waals surface area contributed by atoms with E-state index in [0.717, 1.165) is 6.07 Å². The monoisotopic (exact) mass is 316 g/mol. The first kappa shape index (κ1) is 16.5. The summed E-state index contributed by atoms with van der Waals surface area (Å²) >= 11 is 0. The molecule has 2 aromatic carbocycles. The fourth-order valence-corrected chi connectivity index (χ4v) is 1.96. The summed E-state index contributed by atoms with van der Waals surface area (Å²) in [6.07, 6.45) is 0. The lowest BCUT2D eigenvalue weighted by molar-refractivity contribution is -0.116. The van der Waals surface area contributed by atoms with Crippen LogP contribution in [0.4, 0.5) is 15.8 Å². The van der Waals surface area contributed by atoms with Gasteiger partial charge in [-0.1, -0.05) is 0 Å². The Labute approximate surface area is 133 Å². The number of halogens is 1. The third-order valence-corrected chi connectivity index (χ3v) is 3.40. The predicted octanol–water partition coefficient (Wildman–Crippen LogP) is 3.07. The molecule has 2 aromatic rings. The Bertz CT molecular complexity index is 729. The van der Waals surface area contributed by atoms with Crippen molar-refractivity contribution in [2.45, 2.75) is 6.92 Å². The summed E-state index contributed by atoms with van der Waals surface area (Å²) < 4.78 is 18.4. The van der Waals surface area contributed by atoms with E-state index in [0.29, 0.717) is 11.4 Å². The Morgan fingerprint density at radius 3 is 2.30 bits per heavy atom. The van der Waals surface area contributed by atoms with Gasteiger partial charge in [-0.05, 0) is 42.5 Å². The van der Waals surface area contributed by atoms with Crippen molar-refractivity contribution in [2.24, 2.45) is 0 Å². The molecule has 23 heavy (non-hydrogen) atoms. The van der Waals surface area contributed by atoms with Gasteiger partial charge in [-0.25, -0.2) is 4.39 Å². The predicted molar refractivity (Wildman–Crippen MR) is 86.4 cm³/mol. The van der Waals surface area contributed by atoms with Gasteiger partial charge in [0.2, 0.25) is 5.91 Å². The molecule has 2 rings (SSSR count). The van der Waals surface area contributed by atoms with Crippen LogP contribution in [0, 0.1) is 5.82 Å². The highest BCUT2D eigenvalue weighted by molar-refractivity contribution is 6.04. The largest absolute Gasteiger partial charge is 0.494 e. The SMILES string of the molecule is COc1ccc(C(=O)Nc2ccc(N(C)C(C)=O)cc2)cc1F. The summed E-state index contributed by atoms with van der Waals surface area (Å²) in [5.41, 5.74) is 1.45. The Kier molecular flexibility index (Phi) is 4.95. The van der Waals surface area contributed by atoms with E-state index in [-0.39, 0.29) is 17.2 Å². The van der Waals surface area contributed by atoms with Gasteiger partial charge in [0.1, 0.15) is 0 Å². The fourth-order valence-electron chi connectivity index (χ4n) is 1.96. The van der Waals surface area contributed by atoms with E-state index in [2.05, 4.69) is 5.32 Å². The molecule has 0 aliphatic heterocycles. The van der Waals surface area contributed by atoms with Crippen LogP contribution in [-0.2, 0) is 4.79 Å². The number of ether oxygens (including phenoxy) is 1. The van der Waals surface area contributed by atoms with Gasteiger partial charge in [0.05, 0.1) is 7.11 Å². The summed E-state index contributed by atoms with van der Waals surface area (Å²) in [7, 11) is 3.02. The van der Waals surface area contributed by atoms with Crippen molar-refractivity contribution in [3.8, 4) is 5.75 Å². The first-order chi connectivity index (χ1) is 10.9. The highest BCUT2D eigenvalue weighted by Gasteiger charge is 2.11. The van der Waals surface area contributed by atoms with Gasteiger partial charge in [-0.2, -0.15) is 0 Å². The van der Waals surface area contributed by atoms with Gasteiger partial charge in [0.15, 0.2) is 11.6 Å². The van der Waals surface area contributed by atoms with E-state index >= 15 is 0 Å². The normalized spacial score (nSPS) is 10.1. The number of hydrogen-bond donors (Lipinski definition) is 1. The number of methoxy groups -OCH3 is 1. The van der Waals surface area contributed by atoms with Crippen LogP contribution < -0.4 is 15.0 Å². The third-order valence-electron chi connectivity index (χ3n) is 3.40. The Balaban J connectivity index is 2.11. The number of rotatable bonds is 4. The minimum Gasteiger partial charge on any atom is -0.494 e. The van der Waals surface area contributed by atoms with Crippen molar-refractivity contribution in [3.63, 3.8) is 0 Å². The molecule has 1 N–H and O–H groups in total. The van der Waals surface area contributed by atoms with Crippen LogP contribution in [0.2, 0.25) is 0 Å². The number of anilines is 2. The first-order valence-corrected chi connectivity index (χ1v) is 6.91. The molecule has 0 fully saturated rings. The quantitative estimate of drug-likeness (QED) is 0.943. The molecule has 0 aliphatic rings. The van der Waals surface area contributed by atoms with Gasteiger partial charge < -0.3 is 15.0 Å². The van der Waals surface area contributed by atoms with Crippen LogP contribution >= 0.6 is 0 Å². The molecule has 0 atom stereocenters. The average Bonchev–Trinajstić information content (AvgIpc) is 2.54. The maximum atomic E-state index is 13.6. The van der Waals surface area contributed by atoms with E-state index in [1.165, 1.54) is 31.1 Å². The van der Waals surface area contributed by atoms with Gasteiger partial charge in [-0.3, -0.25) is 9.59 Å². The highest BCUT2D eigenvalue weighted by atomic mass is 19.1. The molecular formula is C17H17FN2O3. The zero-order valence-electron chi connectivity index (χ0n) is 13.1. The summed E-state index contributed by atoms with van der Waals surface area (Å²) in [6, 6.07) is 10.8. The number of hydrogen-bond acceptors (Lipinski definition) is 3. The zero-order valence-corrected chi connectivity index (χ0v) is 13.1. The van der Waals surface area contributed by atoms with Crippen molar-refractivity contribution >= 4 is 23.2 Å². The standard InChI is InChI=1S/C17H17FN2O3/c1-11(21)20(2)14-7-5-13(6-8-14)19-17(22)12-4-9-16(23-3)15(18)10-12/h4-10H,1-3H3,(H,19,22). The molecule has 0 radical (unpaired) electrons. The third kappa shape index (κ3) is 3.85. The molecule has 0 aliphatic carbocycles. The van der Waals surface area contributed by atoms with Crippen molar-refractivity contribution in [2.75, 3.05) is 24.4 Å². The summed E-state index contributed by atoms with van der Waals surface area (Å²) in [5.74, 6) is -1.04. The second kappa shape index (κ2) is 6.91. The Morgan fingerprint density at radius 1 is 1.13 bits per heavy atom. The molecule has 0 aromatic heterocycles. The van der Waals surface area contributed by atoms with Crippen LogP contribution in [0.5, 0.6) is 5.75 Å². The number of benzene rings is 2. The van der Waals surface area contributed by atoms with Crippen LogP contribution in [0.1, 0.15) is 17.3 Å². The van der Waals surface area contributed by atoms with Gasteiger partial charge in [0, 0.05) is 30.9 Å². The van der Waals surface area contributed by atoms with E-state index in [9.17, 15) is 14.0 Å². The molecular weight excluding hydrogens is 299 g/mol. The van der Waals surface area contributed by atoms with Crippen LogP contribution in [0.15, 0.2) is 42.5 Å². The van der Waals surface area contributed by atoms with Crippen LogP contribution in [-0.4, -0.2) is 26.0 Å². The fraction of sp³-hybridized carbons (Fsp3) is 0.176. The van der Waals surface area contributed by atoms with Crippen LogP contribution in [0.25, 0.3) is 0 Å². The Hall–Kier alpha value is -2.89. The lowest BCUT2D eigenvalue weighted by Gasteiger charge is -2.15. The molecule has 5 nitrogen and oxygen atoms in total. The Morgan fingerprint density at radius 2 is 1.78 bits per heavy atom. The molecule has 0 heterocycles. The summed E-state index contributed by atoms with van der Waals surface area (Å²) in [4.78, 5) is 24.9. The number of nitrogens with zero attached hydrogens (tertiary/aromatic N) is 1. The van der Waals surface area contributed by atoms with Gasteiger partial charge in [-0.15, -0.1) is 0 Å². The molecule has 2 amide bonds. The van der Waals surface area contributed by atoms with Crippen molar-refractivity contribution in [1.82, 2.24) is 0 Å². The second-order valence-electron chi connectivity index (χ2n) is 4.93. The minimum atomic E-state index is -0.599. The smallest absolute Gasteiger partial charge is 0.255 e. The molecule has 6 heteroatoms. The number of carbonyl (C=O) groups is 2. The molecule has 0 unspecified atom stereocenters. The topological polar surface area (TPSA) is 58.6 Å².